The van der Waals surface area contributed by atoms with Gasteiger partial charge in [-0.3, -0.25) is 0 Å². The van der Waals surface area contributed by atoms with Crippen LogP contribution in [-0.4, -0.2) is 16.2 Å². The molecule has 1 aromatic heterocycles. The summed E-state index contributed by atoms with van der Waals surface area (Å²) in [5.41, 5.74) is 6.01. The molecule has 1 aliphatic heterocycles. The summed E-state index contributed by atoms with van der Waals surface area (Å²) in [7, 11) is 0. The van der Waals surface area contributed by atoms with E-state index >= 15 is 0 Å². The van der Waals surface area contributed by atoms with Crippen molar-refractivity contribution < 1.29 is 9.26 Å². The van der Waals surface area contributed by atoms with Crippen molar-refractivity contribution in [3.63, 3.8) is 0 Å². The molecule has 1 saturated carbocycles. The van der Waals surface area contributed by atoms with Crippen LogP contribution in [0.4, 0.5) is 0 Å². The first-order valence-electron chi connectivity index (χ1n) is 6.96. The molecule has 100 valence electrons. The second-order valence-electron chi connectivity index (χ2n) is 5.69. The third-order valence-corrected chi connectivity index (χ3v) is 4.14. The molecule has 5 nitrogen and oxygen atoms in total. The van der Waals surface area contributed by atoms with Crippen molar-refractivity contribution in [3.05, 3.63) is 11.7 Å². The van der Waals surface area contributed by atoms with E-state index in [4.69, 9.17) is 15.0 Å². The number of hydrogen-bond acceptors (Lipinski definition) is 5. The van der Waals surface area contributed by atoms with E-state index in [2.05, 4.69) is 17.1 Å². The normalized spacial score (nSPS) is 31.7. The summed E-state index contributed by atoms with van der Waals surface area (Å²) >= 11 is 0. The van der Waals surface area contributed by atoms with Gasteiger partial charge in [0, 0.05) is 0 Å². The summed E-state index contributed by atoms with van der Waals surface area (Å²) in [6, 6.07) is 0. The fourth-order valence-corrected chi connectivity index (χ4v) is 2.96. The van der Waals surface area contributed by atoms with Crippen molar-refractivity contribution in [2.45, 2.75) is 69.6 Å². The summed E-state index contributed by atoms with van der Waals surface area (Å²) < 4.78 is 11.1. The number of nitrogens with two attached hydrogens (primary N) is 1. The minimum Gasteiger partial charge on any atom is -0.365 e. The molecule has 2 unspecified atom stereocenters. The van der Waals surface area contributed by atoms with Crippen LogP contribution in [0, 0.1) is 0 Å². The molecule has 1 aliphatic carbocycles. The number of rotatable bonds is 2. The summed E-state index contributed by atoms with van der Waals surface area (Å²) in [6.07, 6.45) is 7.72. The monoisotopic (exact) mass is 251 g/mol. The molecule has 5 heteroatoms. The molecule has 0 spiro atoms. The van der Waals surface area contributed by atoms with Crippen LogP contribution in [0.2, 0.25) is 0 Å². The summed E-state index contributed by atoms with van der Waals surface area (Å²) in [5, 5.41) is 4.09. The maximum Gasteiger partial charge on any atom is 0.255 e. The number of aromatic nitrogens is 2. The first kappa shape index (κ1) is 12.1. The number of nitrogens with zero attached hydrogens (tertiary/aromatic N) is 2. The van der Waals surface area contributed by atoms with Gasteiger partial charge in [-0.05, 0) is 32.6 Å². The zero-order valence-corrected chi connectivity index (χ0v) is 10.9. The van der Waals surface area contributed by atoms with Crippen LogP contribution >= 0.6 is 0 Å². The smallest absolute Gasteiger partial charge is 0.255 e. The zero-order chi connectivity index (χ0) is 12.6. The van der Waals surface area contributed by atoms with Crippen molar-refractivity contribution in [1.29, 1.82) is 0 Å². The van der Waals surface area contributed by atoms with Crippen molar-refractivity contribution in [2.75, 3.05) is 0 Å². The lowest BCUT2D eigenvalue weighted by Gasteiger charge is -2.29. The maximum atomic E-state index is 6.39. The highest BCUT2D eigenvalue weighted by molar-refractivity contribution is 5.06. The number of ether oxygens (including phenoxy) is 1. The minimum atomic E-state index is -0.385. The molecular weight excluding hydrogens is 230 g/mol. The Hall–Kier alpha value is -0.940. The highest BCUT2D eigenvalue weighted by Crippen LogP contribution is 2.36. The predicted octanol–water partition coefficient (Wildman–Crippen LogP) is 2.43. The van der Waals surface area contributed by atoms with Gasteiger partial charge >= 0.3 is 0 Å². The first-order valence-corrected chi connectivity index (χ1v) is 6.96. The topological polar surface area (TPSA) is 74.2 Å². The van der Waals surface area contributed by atoms with Gasteiger partial charge in [-0.25, -0.2) is 0 Å². The van der Waals surface area contributed by atoms with Crippen LogP contribution in [0.25, 0.3) is 0 Å². The molecule has 0 aromatic carbocycles. The van der Waals surface area contributed by atoms with Crippen LogP contribution in [-0.2, 0) is 10.3 Å². The third kappa shape index (κ3) is 2.17. The van der Waals surface area contributed by atoms with E-state index in [1.165, 1.54) is 6.42 Å². The zero-order valence-electron chi connectivity index (χ0n) is 10.9. The van der Waals surface area contributed by atoms with Crippen LogP contribution < -0.4 is 5.73 Å². The van der Waals surface area contributed by atoms with Gasteiger partial charge < -0.3 is 15.0 Å². The minimum absolute atomic E-state index is 0.0339. The van der Waals surface area contributed by atoms with E-state index in [-0.39, 0.29) is 17.7 Å². The Bertz CT molecular complexity index is 412. The van der Waals surface area contributed by atoms with Crippen LogP contribution in [0.5, 0.6) is 0 Å². The molecule has 2 fully saturated rings. The molecule has 2 atom stereocenters. The molecule has 0 amide bonds. The lowest BCUT2D eigenvalue weighted by atomic mass is 9.82. The Morgan fingerprint density at radius 1 is 1.22 bits per heavy atom. The second kappa shape index (κ2) is 4.63. The van der Waals surface area contributed by atoms with E-state index in [0.717, 1.165) is 38.5 Å². The molecule has 2 aliphatic rings. The van der Waals surface area contributed by atoms with Crippen LogP contribution in [0.1, 0.15) is 69.7 Å². The van der Waals surface area contributed by atoms with Crippen molar-refractivity contribution >= 4 is 0 Å². The van der Waals surface area contributed by atoms with Crippen molar-refractivity contribution in [3.8, 4) is 0 Å². The van der Waals surface area contributed by atoms with E-state index in [1.807, 2.05) is 0 Å². The molecule has 3 rings (SSSR count). The average Bonchev–Trinajstić information content (AvgIpc) is 2.98. The molecule has 1 saturated heterocycles. The average molecular weight is 251 g/mol. The number of hydrogen-bond donors (Lipinski definition) is 1. The molecule has 2 N–H and O–H groups in total. The van der Waals surface area contributed by atoms with Gasteiger partial charge in [0.25, 0.3) is 5.89 Å². The molecular formula is C13H21N3O2. The van der Waals surface area contributed by atoms with E-state index in [9.17, 15) is 0 Å². The molecule has 0 bridgehead atoms. The van der Waals surface area contributed by atoms with Gasteiger partial charge in [-0.2, -0.15) is 4.98 Å². The first-order chi connectivity index (χ1) is 8.67. The van der Waals surface area contributed by atoms with Crippen molar-refractivity contribution in [1.82, 2.24) is 10.1 Å². The van der Waals surface area contributed by atoms with Crippen LogP contribution in [0.15, 0.2) is 4.52 Å². The van der Waals surface area contributed by atoms with Crippen molar-refractivity contribution in [2.24, 2.45) is 5.73 Å². The highest BCUT2D eigenvalue weighted by atomic mass is 16.5. The van der Waals surface area contributed by atoms with E-state index < -0.39 is 0 Å². The molecule has 0 radical (unpaired) electrons. The Morgan fingerprint density at radius 3 is 2.67 bits per heavy atom. The molecule has 1 aromatic rings. The molecule has 2 heterocycles. The van der Waals surface area contributed by atoms with Gasteiger partial charge in [0.1, 0.15) is 6.10 Å². The largest absolute Gasteiger partial charge is 0.365 e. The van der Waals surface area contributed by atoms with Gasteiger partial charge in [-0.15, -0.1) is 0 Å². The van der Waals surface area contributed by atoms with E-state index in [0.29, 0.717) is 11.7 Å². The highest BCUT2D eigenvalue weighted by Gasteiger charge is 2.36. The Balaban J connectivity index is 1.76. The maximum absolute atomic E-state index is 6.39. The lowest BCUT2D eigenvalue weighted by molar-refractivity contribution is 0.0355. The van der Waals surface area contributed by atoms with Gasteiger partial charge in [0.15, 0.2) is 5.82 Å². The van der Waals surface area contributed by atoms with Gasteiger partial charge in [0.05, 0.1) is 11.6 Å². The summed E-state index contributed by atoms with van der Waals surface area (Å²) in [6.45, 7) is 2.07. The standard InChI is InChI=1S/C13H21N3O2/c1-9-5-6-10(17-9)11-15-12(16-18-11)13(14)7-3-2-4-8-13/h9-10H,2-8,14H2,1H3. The predicted molar refractivity (Wildman–Crippen MR) is 65.8 cm³/mol. The summed E-state index contributed by atoms with van der Waals surface area (Å²) in [4.78, 5) is 4.49. The fourth-order valence-electron chi connectivity index (χ4n) is 2.96. The SMILES string of the molecule is CC1CCC(c2nc(C3(N)CCCCC3)no2)O1. The lowest BCUT2D eigenvalue weighted by Crippen LogP contribution is -2.39. The van der Waals surface area contributed by atoms with E-state index in [1.54, 1.807) is 0 Å². The Labute approximate surface area is 107 Å². The van der Waals surface area contributed by atoms with Crippen LogP contribution in [0.3, 0.4) is 0 Å². The quantitative estimate of drug-likeness (QED) is 0.873. The summed E-state index contributed by atoms with van der Waals surface area (Å²) in [5.74, 6) is 1.27. The Kier molecular flexibility index (Phi) is 3.11. The van der Waals surface area contributed by atoms with Gasteiger partial charge in [0.2, 0.25) is 0 Å². The third-order valence-electron chi connectivity index (χ3n) is 4.14. The second-order valence-corrected chi connectivity index (χ2v) is 5.69. The fraction of sp³-hybridized carbons (Fsp3) is 0.846. The molecule has 18 heavy (non-hydrogen) atoms. The Morgan fingerprint density at radius 2 is 2.00 bits per heavy atom. The van der Waals surface area contributed by atoms with Gasteiger partial charge in [-0.1, -0.05) is 24.4 Å².